The van der Waals surface area contributed by atoms with Crippen molar-refractivity contribution in [1.82, 2.24) is 0 Å². The molecule has 0 radical (unpaired) electrons. The van der Waals surface area contributed by atoms with E-state index in [0.29, 0.717) is 0 Å². The molecule has 0 amide bonds. The van der Waals surface area contributed by atoms with Crippen molar-refractivity contribution in [1.29, 1.82) is 0 Å². The second-order valence-corrected chi connectivity index (χ2v) is 9.51. The first-order valence-electron chi connectivity index (χ1n) is 8.59. The molecule has 1 unspecified atom stereocenters. The molecule has 2 aromatic carbocycles. The number of ether oxygens (including phenoxy) is 1. The molecule has 0 saturated carbocycles. The van der Waals surface area contributed by atoms with Gasteiger partial charge in [0, 0.05) is 20.1 Å². The molecule has 0 N–H and O–H groups in total. The van der Waals surface area contributed by atoms with Crippen molar-refractivity contribution < 1.29 is 29.9 Å². The minimum absolute atomic E-state index is 0.00927. The molecular formula is C19H24O7S2. The zero-order valence-corrected chi connectivity index (χ0v) is 17.6. The van der Waals surface area contributed by atoms with E-state index in [4.69, 9.17) is 13.1 Å². The highest BCUT2D eigenvalue weighted by Gasteiger charge is 2.25. The van der Waals surface area contributed by atoms with Crippen LogP contribution in [0.3, 0.4) is 0 Å². The highest BCUT2D eigenvalue weighted by Crippen LogP contribution is 2.19. The summed E-state index contributed by atoms with van der Waals surface area (Å²) in [5.41, 5.74) is 1.81. The molecule has 0 aliphatic carbocycles. The molecule has 0 aromatic heterocycles. The van der Waals surface area contributed by atoms with E-state index in [2.05, 4.69) is 0 Å². The summed E-state index contributed by atoms with van der Waals surface area (Å²) in [6.07, 6.45) is -0.878. The number of rotatable bonds is 10. The van der Waals surface area contributed by atoms with Gasteiger partial charge in [-0.3, -0.25) is 8.37 Å². The van der Waals surface area contributed by atoms with Gasteiger partial charge >= 0.3 is 0 Å². The van der Waals surface area contributed by atoms with Crippen LogP contribution in [0.4, 0.5) is 0 Å². The van der Waals surface area contributed by atoms with Gasteiger partial charge in [0.25, 0.3) is 20.2 Å². The molecule has 0 aliphatic heterocycles. The summed E-state index contributed by atoms with van der Waals surface area (Å²) < 4.78 is 64.9. The first kappa shape index (κ1) is 22.5. The molecule has 9 heteroatoms. The molecule has 0 heterocycles. The Bertz CT molecular complexity index is 964. The van der Waals surface area contributed by atoms with E-state index in [9.17, 15) is 16.8 Å². The third-order valence-electron chi connectivity index (χ3n) is 3.94. The van der Waals surface area contributed by atoms with Gasteiger partial charge in [-0.2, -0.15) is 16.8 Å². The average Bonchev–Trinajstić information content (AvgIpc) is 2.64. The van der Waals surface area contributed by atoms with Gasteiger partial charge in [0.2, 0.25) is 0 Å². The highest BCUT2D eigenvalue weighted by atomic mass is 32.2. The van der Waals surface area contributed by atoms with Gasteiger partial charge in [-0.1, -0.05) is 35.4 Å². The molecule has 0 spiro atoms. The van der Waals surface area contributed by atoms with Crippen LogP contribution in [0.1, 0.15) is 17.5 Å². The van der Waals surface area contributed by atoms with E-state index in [1.54, 1.807) is 24.3 Å². The molecule has 0 saturated heterocycles. The Labute approximate surface area is 166 Å². The van der Waals surface area contributed by atoms with Crippen molar-refractivity contribution >= 4 is 20.2 Å². The van der Waals surface area contributed by atoms with E-state index in [-0.39, 0.29) is 22.8 Å². The van der Waals surface area contributed by atoms with Crippen molar-refractivity contribution in [2.24, 2.45) is 0 Å². The fourth-order valence-corrected chi connectivity index (χ4v) is 4.31. The van der Waals surface area contributed by atoms with E-state index in [1.807, 2.05) is 13.8 Å². The molecular weight excluding hydrogens is 404 g/mol. The van der Waals surface area contributed by atoms with Crippen LogP contribution in [0.5, 0.6) is 0 Å². The number of hydrogen-bond donors (Lipinski definition) is 0. The van der Waals surface area contributed by atoms with E-state index < -0.39 is 32.9 Å². The minimum Gasteiger partial charge on any atom is -0.385 e. The SMILES string of the molecule is COCCC(COS(=O)(=O)c1ccc(C)cc1)OS(=O)(=O)c1ccc(C)cc1. The lowest BCUT2D eigenvalue weighted by Crippen LogP contribution is -2.27. The predicted octanol–water partition coefficient (Wildman–Crippen LogP) is 2.82. The maximum atomic E-state index is 12.5. The standard InChI is InChI=1S/C19H24O7S2/c1-15-4-8-18(9-5-15)27(20,21)25-14-17(12-13-24-3)26-28(22,23)19-10-6-16(2)7-11-19/h4-11,17H,12-14H2,1-3H3. The van der Waals surface area contributed by atoms with Gasteiger partial charge in [0.1, 0.15) is 6.10 Å². The van der Waals surface area contributed by atoms with Crippen LogP contribution < -0.4 is 0 Å². The van der Waals surface area contributed by atoms with Gasteiger partial charge in [-0.15, -0.1) is 0 Å². The Kier molecular flexibility index (Phi) is 7.73. The van der Waals surface area contributed by atoms with Crippen LogP contribution >= 0.6 is 0 Å². The molecule has 154 valence electrons. The largest absolute Gasteiger partial charge is 0.385 e. The van der Waals surface area contributed by atoms with E-state index >= 15 is 0 Å². The Morgan fingerprint density at radius 3 is 1.71 bits per heavy atom. The summed E-state index contributed by atoms with van der Waals surface area (Å²) in [5.74, 6) is 0. The van der Waals surface area contributed by atoms with Gasteiger partial charge in [0.15, 0.2) is 0 Å². The van der Waals surface area contributed by atoms with Crippen molar-refractivity contribution in [2.45, 2.75) is 36.2 Å². The fraction of sp³-hybridized carbons (Fsp3) is 0.368. The van der Waals surface area contributed by atoms with E-state index in [0.717, 1.165) is 11.1 Å². The predicted molar refractivity (Wildman–Crippen MR) is 104 cm³/mol. The third-order valence-corrected chi connectivity index (χ3v) is 6.61. The quantitative estimate of drug-likeness (QED) is 0.537. The summed E-state index contributed by atoms with van der Waals surface area (Å²) in [7, 11) is -6.66. The first-order chi connectivity index (χ1) is 13.1. The number of hydrogen-bond acceptors (Lipinski definition) is 7. The van der Waals surface area contributed by atoms with Crippen LogP contribution in [0.2, 0.25) is 0 Å². The Balaban J connectivity index is 2.12. The normalized spacial score (nSPS) is 13.4. The third kappa shape index (κ3) is 6.39. The van der Waals surface area contributed by atoms with Crippen molar-refractivity contribution in [3.05, 3.63) is 59.7 Å². The smallest absolute Gasteiger partial charge is 0.297 e. The monoisotopic (exact) mass is 428 g/mol. The Hall–Kier alpha value is -1.78. The van der Waals surface area contributed by atoms with Gasteiger partial charge < -0.3 is 4.74 Å². The molecule has 0 aliphatic rings. The minimum atomic E-state index is -4.07. The first-order valence-corrected chi connectivity index (χ1v) is 11.4. The summed E-state index contributed by atoms with van der Waals surface area (Å²) in [6.45, 7) is 3.40. The zero-order valence-electron chi connectivity index (χ0n) is 16.0. The number of aryl methyl sites for hydroxylation is 2. The van der Waals surface area contributed by atoms with Gasteiger partial charge in [-0.05, 0) is 38.1 Å². The molecule has 7 nitrogen and oxygen atoms in total. The summed E-state index contributed by atoms with van der Waals surface area (Å²) in [5, 5.41) is 0. The molecule has 0 fully saturated rings. The topological polar surface area (TPSA) is 96.0 Å². The second-order valence-electron chi connectivity index (χ2n) is 6.32. The zero-order chi connectivity index (χ0) is 20.8. The maximum Gasteiger partial charge on any atom is 0.297 e. The lowest BCUT2D eigenvalue weighted by atomic mass is 10.2. The lowest BCUT2D eigenvalue weighted by molar-refractivity contribution is 0.0936. The summed E-state index contributed by atoms with van der Waals surface area (Å²) in [4.78, 5) is -0.0214. The molecule has 2 aromatic rings. The highest BCUT2D eigenvalue weighted by molar-refractivity contribution is 7.87. The van der Waals surface area contributed by atoms with Crippen LogP contribution in [0, 0.1) is 13.8 Å². The average molecular weight is 429 g/mol. The van der Waals surface area contributed by atoms with Crippen LogP contribution in [0.15, 0.2) is 58.3 Å². The van der Waals surface area contributed by atoms with Crippen molar-refractivity contribution in [2.75, 3.05) is 20.3 Å². The van der Waals surface area contributed by atoms with Gasteiger partial charge in [0.05, 0.1) is 16.4 Å². The summed E-state index contributed by atoms with van der Waals surface area (Å²) >= 11 is 0. The Morgan fingerprint density at radius 2 is 1.25 bits per heavy atom. The van der Waals surface area contributed by atoms with Crippen molar-refractivity contribution in [3.63, 3.8) is 0 Å². The molecule has 0 bridgehead atoms. The van der Waals surface area contributed by atoms with Gasteiger partial charge in [-0.25, -0.2) is 0 Å². The number of benzene rings is 2. The summed E-state index contributed by atoms with van der Waals surface area (Å²) in [6, 6.07) is 12.3. The van der Waals surface area contributed by atoms with E-state index in [1.165, 1.54) is 31.4 Å². The van der Waals surface area contributed by atoms with Crippen molar-refractivity contribution in [3.8, 4) is 0 Å². The van der Waals surface area contributed by atoms with Crippen LogP contribution in [-0.4, -0.2) is 43.3 Å². The maximum absolute atomic E-state index is 12.5. The second kappa shape index (κ2) is 9.62. The molecule has 1 atom stereocenters. The Morgan fingerprint density at radius 1 is 0.786 bits per heavy atom. The lowest BCUT2D eigenvalue weighted by Gasteiger charge is -2.17. The number of methoxy groups -OCH3 is 1. The molecule has 2 rings (SSSR count). The molecule has 28 heavy (non-hydrogen) atoms. The van der Waals surface area contributed by atoms with Crippen LogP contribution in [-0.2, 0) is 33.3 Å². The van der Waals surface area contributed by atoms with Crippen LogP contribution in [0.25, 0.3) is 0 Å². The fourth-order valence-electron chi connectivity index (χ4n) is 2.29.